The van der Waals surface area contributed by atoms with Crippen LogP contribution in [0.3, 0.4) is 0 Å². The molecule has 0 aromatic heterocycles. The zero-order chi connectivity index (χ0) is 19.1. The van der Waals surface area contributed by atoms with Crippen molar-refractivity contribution < 1.29 is 14.3 Å². The molecule has 3 amide bonds. The summed E-state index contributed by atoms with van der Waals surface area (Å²) >= 11 is 0. The Bertz CT molecular complexity index is 621. The van der Waals surface area contributed by atoms with Crippen molar-refractivity contribution in [2.45, 2.75) is 39.0 Å². The third kappa shape index (κ3) is 5.60. The lowest BCUT2D eigenvalue weighted by Crippen LogP contribution is -2.50. The van der Waals surface area contributed by atoms with Gasteiger partial charge in [-0.3, -0.25) is 10.2 Å². The Morgan fingerprint density at radius 2 is 1.70 bits per heavy atom. The van der Waals surface area contributed by atoms with E-state index >= 15 is 0 Å². The lowest BCUT2D eigenvalue weighted by atomic mass is 9.96. The molecule has 7 heteroatoms. The average molecular weight is 374 g/mol. The van der Waals surface area contributed by atoms with E-state index in [-0.39, 0.29) is 17.9 Å². The molecule has 2 aliphatic heterocycles. The predicted octanol–water partition coefficient (Wildman–Crippen LogP) is 2.85. The van der Waals surface area contributed by atoms with Crippen LogP contribution in [0.1, 0.15) is 39.0 Å². The molecule has 0 atom stereocenters. The van der Waals surface area contributed by atoms with Crippen LogP contribution in [0.15, 0.2) is 24.3 Å². The van der Waals surface area contributed by atoms with E-state index < -0.39 is 0 Å². The van der Waals surface area contributed by atoms with E-state index in [0.717, 1.165) is 37.4 Å². The molecule has 0 radical (unpaired) electrons. The van der Waals surface area contributed by atoms with Crippen LogP contribution in [0.2, 0.25) is 0 Å². The molecule has 2 N–H and O–H groups in total. The number of likely N-dealkylation sites (tertiary alicyclic amines) is 1. The minimum Gasteiger partial charge on any atom is -0.494 e. The predicted molar refractivity (Wildman–Crippen MR) is 104 cm³/mol. The van der Waals surface area contributed by atoms with E-state index in [1.54, 1.807) is 4.90 Å². The fourth-order valence-corrected chi connectivity index (χ4v) is 3.60. The van der Waals surface area contributed by atoms with Gasteiger partial charge < -0.3 is 15.0 Å². The van der Waals surface area contributed by atoms with E-state index in [1.807, 2.05) is 36.2 Å². The quantitative estimate of drug-likeness (QED) is 0.831. The van der Waals surface area contributed by atoms with Crippen molar-refractivity contribution in [3.05, 3.63) is 24.3 Å². The molecule has 0 aliphatic carbocycles. The zero-order valence-electron chi connectivity index (χ0n) is 16.1. The minimum atomic E-state index is -0.117. The third-order valence-electron chi connectivity index (χ3n) is 5.19. The number of anilines is 1. The molecule has 2 heterocycles. The zero-order valence-corrected chi connectivity index (χ0v) is 16.1. The van der Waals surface area contributed by atoms with Crippen LogP contribution in [-0.4, -0.2) is 54.6 Å². The van der Waals surface area contributed by atoms with E-state index in [2.05, 4.69) is 10.7 Å². The summed E-state index contributed by atoms with van der Waals surface area (Å²) in [4.78, 5) is 26.7. The summed E-state index contributed by atoms with van der Waals surface area (Å²) in [6.07, 6.45) is 4.94. The lowest BCUT2D eigenvalue weighted by Gasteiger charge is -2.33. The number of benzene rings is 1. The Morgan fingerprint density at radius 1 is 1.04 bits per heavy atom. The summed E-state index contributed by atoms with van der Waals surface area (Å²) < 4.78 is 5.41. The van der Waals surface area contributed by atoms with Crippen molar-refractivity contribution in [1.29, 1.82) is 0 Å². The second kappa shape index (κ2) is 9.60. The molecule has 3 rings (SSSR count). The normalized spacial score (nSPS) is 18.8. The van der Waals surface area contributed by atoms with Crippen LogP contribution in [0.4, 0.5) is 10.5 Å². The Kier molecular flexibility index (Phi) is 6.92. The molecule has 2 fully saturated rings. The molecule has 1 aromatic rings. The molecule has 1 aromatic carbocycles. The number of nitrogens with one attached hydrogen (secondary N) is 2. The van der Waals surface area contributed by atoms with Gasteiger partial charge in [-0.2, -0.15) is 0 Å². The maximum atomic E-state index is 12.4. The Labute approximate surface area is 161 Å². The van der Waals surface area contributed by atoms with Gasteiger partial charge in [-0.05, 0) is 56.9 Å². The van der Waals surface area contributed by atoms with Crippen molar-refractivity contribution >= 4 is 17.6 Å². The average Bonchev–Trinajstić information content (AvgIpc) is 2.70. The molecule has 0 spiro atoms. The standard InChI is InChI=1S/C20H30N4O3/c1-2-27-18-8-6-17(7-9-18)21-20(26)23-14-10-16(11-15-23)19(25)22-24-12-4-3-5-13-24/h6-9,16H,2-5,10-15H2,1H3,(H,21,26)(H,22,25). The molecule has 0 bridgehead atoms. The molecular weight excluding hydrogens is 344 g/mol. The first-order valence-electron chi connectivity index (χ1n) is 10.00. The van der Waals surface area contributed by atoms with Crippen LogP contribution < -0.4 is 15.5 Å². The van der Waals surface area contributed by atoms with Gasteiger partial charge in [0.1, 0.15) is 5.75 Å². The van der Waals surface area contributed by atoms with Crippen molar-refractivity contribution in [3.8, 4) is 5.75 Å². The van der Waals surface area contributed by atoms with E-state index in [1.165, 1.54) is 6.42 Å². The van der Waals surface area contributed by atoms with Gasteiger partial charge in [0.05, 0.1) is 6.61 Å². The van der Waals surface area contributed by atoms with Crippen LogP contribution in [0.5, 0.6) is 5.75 Å². The minimum absolute atomic E-state index is 0.0125. The highest BCUT2D eigenvalue weighted by Crippen LogP contribution is 2.20. The number of carbonyl (C=O) groups is 2. The molecule has 148 valence electrons. The highest BCUT2D eigenvalue weighted by Gasteiger charge is 2.28. The first-order chi connectivity index (χ1) is 13.2. The van der Waals surface area contributed by atoms with Crippen LogP contribution in [0.25, 0.3) is 0 Å². The maximum Gasteiger partial charge on any atom is 0.321 e. The van der Waals surface area contributed by atoms with Gasteiger partial charge in [0, 0.05) is 37.8 Å². The van der Waals surface area contributed by atoms with Crippen molar-refractivity contribution in [3.63, 3.8) is 0 Å². The molecular formula is C20H30N4O3. The van der Waals surface area contributed by atoms with Gasteiger partial charge in [0.15, 0.2) is 0 Å². The van der Waals surface area contributed by atoms with Crippen LogP contribution >= 0.6 is 0 Å². The number of urea groups is 1. The lowest BCUT2D eigenvalue weighted by molar-refractivity contribution is -0.131. The Balaban J connectivity index is 1.42. The highest BCUT2D eigenvalue weighted by atomic mass is 16.5. The van der Waals surface area contributed by atoms with Crippen molar-refractivity contribution in [1.82, 2.24) is 15.3 Å². The van der Waals surface area contributed by atoms with Crippen molar-refractivity contribution in [2.24, 2.45) is 5.92 Å². The molecule has 0 saturated carbocycles. The molecule has 27 heavy (non-hydrogen) atoms. The molecule has 7 nitrogen and oxygen atoms in total. The highest BCUT2D eigenvalue weighted by molar-refractivity contribution is 5.89. The smallest absolute Gasteiger partial charge is 0.321 e. The summed E-state index contributed by atoms with van der Waals surface area (Å²) in [5.41, 5.74) is 3.80. The van der Waals surface area contributed by atoms with Gasteiger partial charge in [0.2, 0.25) is 5.91 Å². The number of carbonyl (C=O) groups excluding carboxylic acids is 2. The Morgan fingerprint density at radius 3 is 2.33 bits per heavy atom. The van der Waals surface area contributed by atoms with E-state index in [0.29, 0.717) is 32.5 Å². The maximum absolute atomic E-state index is 12.4. The number of amides is 3. The summed E-state index contributed by atoms with van der Waals surface area (Å²) in [6, 6.07) is 7.24. The number of nitrogens with zero attached hydrogens (tertiary/aromatic N) is 2. The van der Waals surface area contributed by atoms with Crippen LogP contribution in [-0.2, 0) is 4.79 Å². The van der Waals surface area contributed by atoms with E-state index in [4.69, 9.17) is 4.74 Å². The first-order valence-corrected chi connectivity index (χ1v) is 10.00. The summed E-state index contributed by atoms with van der Waals surface area (Å²) in [6.45, 7) is 5.63. The second-order valence-electron chi connectivity index (χ2n) is 7.17. The number of rotatable bonds is 5. The van der Waals surface area contributed by atoms with Gasteiger partial charge in [-0.15, -0.1) is 0 Å². The largest absolute Gasteiger partial charge is 0.494 e. The summed E-state index contributed by atoms with van der Waals surface area (Å²) in [5.74, 6) is 0.876. The fraction of sp³-hybridized carbons (Fsp3) is 0.600. The monoisotopic (exact) mass is 374 g/mol. The number of piperidine rings is 2. The molecule has 2 saturated heterocycles. The number of hydrogen-bond donors (Lipinski definition) is 2. The molecule has 2 aliphatic rings. The third-order valence-corrected chi connectivity index (χ3v) is 5.19. The van der Waals surface area contributed by atoms with Gasteiger partial charge in [-0.1, -0.05) is 6.42 Å². The SMILES string of the molecule is CCOc1ccc(NC(=O)N2CCC(C(=O)NN3CCCCC3)CC2)cc1. The van der Waals surface area contributed by atoms with Crippen molar-refractivity contribution in [2.75, 3.05) is 38.1 Å². The number of hydrazine groups is 1. The van der Waals surface area contributed by atoms with Gasteiger partial charge in [-0.25, -0.2) is 9.80 Å². The van der Waals surface area contributed by atoms with Crippen LogP contribution in [0, 0.1) is 5.92 Å². The summed E-state index contributed by atoms with van der Waals surface area (Å²) in [5, 5.41) is 4.95. The topological polar surface area (TPSA) is 73.9 Å². The van der Waals surface area contributed by atoms with E-state index in [9.17, 15) is 9.59 Å². The number of hydrogen-bond acceptors (Lipinski definition) is 4. The van der Waals surface area contributed by atoms with Gasteiger partial charge in [0.25, 0.3) is 0 Å². The summed E-state index contributed by atoms with van der Waals surface area (Å²) in [7, 11) is 0. The first kappa shape index (κ1) is 19.5. The van der Waals surface area contributed by atoms with Gasteiger partial charge >= 0.3 is 6.03 Å². The number of ether oxygens (including phenoxy) is 1. The fourth-order valence-electron chi connectivity index (χ4n) is 3.60. The molecule has 0 unspecified atom stereocenters. The second-order valence-corrected chi connectivity index (χ2v) is 7.17. The Hall–Kier alpha value is -2.28.